The lowest BCUT2D eigenvalue weighted by molar-refractivity contribution is 0.415. The first-order valence-corrected chi connectivity index (χ1v) is 4.84. The molecule has 1 N–H and O–H groups in total. The summed E-state index contributed by atoms with van der Waals surface area (Å²) in [6.07, 6.45) is 2.77. The summed E-state index contributed by atoms with van der Waals surface area (Å²) < 4.78 is 5.10. The quantitative estimate of drug-likeness (QED) is 0.596. The molecule has 0 aliphatic rings. The van der Waals surface area contributed by atoms with E-state index in [-0.39, 0.29) is 0 Å². The first kappa shape index (κ1) is 10.9. The molecule has 0 spiro atoms. The Hall–Kier alpha value is -1.15. The Kier molecular flexibility index (Phi) is 4.33. The smallest absolute Gasteiger partial charge is 0.121 e. The normalized spacial score (nSPS) is 9.57. The Morgan fingerprint density at radius 2 is 2.36 bits per heavy atom. The van der Waals surface area contributed by atoms with Crippen molar-refractivity contribution in [3.63, 3.8) is 0 Å². The van der Waals surface area contributed by atoms with Gasteiger partial charge in [-0.1, -0.05) is 17.7 Å². The molecule has 0 aliphatic carbocycles. The van der Waals surface area contributed by atoms with E-state index in [0.29, 0.717) is 5.02 Å². The Bertz CT molecular complexity index is 312. The average molecular weight is 212 g/mol. The van der Waals surface area contributed by atoms with Crippen molar-refractivity contribution in [2.45, 2.75) is 6.42 Å². The van der Waals surface area contributed by atoms with Gasteiger partial charge in [-0.3, -0.25) is 0 Å². The zero-order chi connectivity index (χ0) is 10.4. The van der Waals surface area contributed by atoms with Crippen molar-refractivity contribution >= 4 is 17.3 Å². The lowest BCUT2D eigenvalue weighted by Crippen LogP contribution is -2.00. The maximum atomic E-state index is 5.99. The van der Waals surface area contributed by atoms with E-state index in [9.17, 15) is 0 Å². The number of hydrogen-bond donors (Lipinski definition) is 1. The minimum atomic E-state index is 0.704. The molecule has 0 heterocycles. The van der Waals surface area contributed by atoms with Crippen LogP contribution in [0, 0.1) is 0 Å². The van der Waals surface area contributed by atoms with Crippen LogP contribution >= 0.6 is 11.6 Å². The van der Waals surface area contributed by atoms with Gasteiger partial charge in [0.05, 0.1) is 17.8 Å². The second kappa shape index (κ2) is 5.55. The maximum Gasteiger partial charge on any atom is 0.121 e. The average Bonchev–Trinajstić information content (AvgIpc) is 2.21. The van der Waals surface area contributed by atoms with E-state index < -0.39 is 0 Å². The topological polar surface area (TPSA) is 21.3 Å². The molecule has 1 aromatic carbocycles. The highest BCUT2D eigenvalue weighted by Crippen LogP contribution is 2.26. The molecule has 0 fully saturated rings. The van der Waals surface area contributed by atoms with Gasteiger partial charge in [-0.25, -0.2) is 0 Å². The third-order valence-electron chi connectivity index (χ3n) is 1.84. The van der Waals surface area contributed by atoms with Crippen LogP contribution in [0.4, 0.5) is 5.69 Å². The Morgan fingerprint density at radius 3 is 3.00 bits per heavy atom. The van der Waals surface area contributed by atoms with Crippen LogP contribution in [-0.2, 0) is 0 Å². The monoisotopic (exact) mass is 211 g/mol. The second-order valence-electron chi connectivity index (χ2n) is 2.85. The molecule has 2 nitrogen and oxygen atoms in total. The maximum absolute atomic E-state index is 5.99. The van der Waals surface area contributed by atoms with E-state index in [2.05, 4.69) is 11.9 Å². The van der Waals surface area contributed by atoms with Gasteiger partial charge in [-0.05, 0) is 18.6 Å². The summed E-state index contributed by atoms with van der Waals surface area (Å²) in [6, 6.07) is 5.53. The molecule has 14 heavy (non-hydrogen) atoms. The number of ether oxygens (including phenoxy) is 1. The molecule has 3 heteroatoms. The van der Waals surface area contributed by atoms with Gasteiger partial charge in [-0.15, -0.1) is 6.58 Å². The Balaban J connectivity index is 2.68. The third kappa shape index (κ3) is 2.96. The van der Waals surface area contributed by atoms with Gasteiger partial charge in [0.2, 0.25) is 0 Å². The predicted octanol–water partition coefficient (Wildman–Crippen LogP) is 3.34. The van der Waals surface area contributed by atoms with Crippen LogP contribution in [0.25, 0.3) is 0 Å². The number of anilines is 1. The first-order valence-electron chi connectivity index (χ1n) is 4.46. The number of hydrogen-bond acceptors (Lipinski definition) is 2. The van der Waals surface area contributed by atoms with Crippen LogP contribution in [0.1, 0.15) is 6.42 Å². The van der Waals surface area contributed by atoms with E-state index >= 15 is 0 Å². The van der Waals surface area contributed by atoms with Gasteiger partial charge in [-0.2, -0.15) is 0 Å². The van der Waals surface area contributed by atoms with Crippen molar-refractivity contribution in [3.8, 4) is 5.75 Å². The molecule has 1 rings (SSSR count). The Morgan fingerprint density at radius 1 is 1.57 bits per heavy atom. The molecule has 76 valence electrons. The van der Waals surface area contributed by atoms with Crippen molar-refractivity contribution in [3.05, 3.63) is 35.9 Å². The highest BCUT2D eigenvalue weighted by Gasteiger charge is 2.00. The van der Waals surface area contributed by atoms with Crippen LogP contribution in [-0.4, -0.2) is 13.7 Å². The predicted molar refractivity (Wildman–Crippen MR) is 61.3 cm³/mol. The van der Waals surface area contributed by atoms with Gasteiger partial charge >= 0.3 is 0 Å². The van der Waals surface area contributed by atoms with Crippen LogP contribution in [0.15, 0.2) is 30.9 Å². The number of rotatable bonds is 5. The van der Waals surface area contributed by atoms with Crippen molar-refractivity contribution in [2.75, 3.05) is 19.0 Å². The summed E-state index contributed by atoms with van der Waals surface area (Å²) in [7, 11) is 1.64. The lowest BCUT2D eigenvalue weighted by Gasteiger charge is -2.08. The van der Waals surface area contributed by atoms with Crippen LogP contribution in [0.2, 0.25) is 5.02 Å². The van der Waals surface area contributed by atoms with Crippen molar-refractivity contribution in [2.24, 2.45) is 0 Å². The summed E-state index contributed by atoms with van der Waals surface area (Å²) in [5.41, 5.74) is 0.896. The summed E-state index contributed by atoms with van der Waals surface area (Å²) in [5, 5.41) is 3.91. The van der Waals surface area contributed by atoms with E-state index in [4.69, 9.17) is 16.3 Å². The fraction of sp³-hybridized carbons (Fsp3) is 0.273. The standard InChI is InChI=1S/C11H14ClNO/c1-3-4-7-13-11-8-9(14-2)5-6-10(11)12/h3,5-6,8,13H,1,4,7H2,2H3. The lowest BCUT2D eigenvalue weighted by atomic mass is 10.3. The zero-order valence-electron chi connectivity index (χ0n) is 8.22. The largest absolute Gasteiger partial charge is 0.497 e. The van der Waals surface area contributed by atoms with Crippen LogP contribution in [0.5, 0.6) is 5.75 Å². The molecule has 0 aliphatic heterocycles. The van der Waals surface area contributed by atoms with E-state index in [1.165, 1.54) is 0 Å². The summed E-state index contributed by atoms with van der Waals surface area (Å²) >= 11 is 5.99. The van der Waals surface area contributed by atoms with Gasteiger partial charge in [0.1, 0.15) is 5.75 Å². The van der Waals surface area contributed by atoms with Crippen LogP contribution < -0.4 is 10.1 Å². The van der Waals surface area contributed by atoms with E-state index in [1.807, 2.05) is 24.3 Å². The number of halogens is 1. The molecule has 0 radical (unpaired) electrons. The first-order chi connectivity index (χ1) is 6.77. The summed E-state index contributed by atoms with van der Waals surface area (Å²) in [6.45, 7) is 4.48. The molecule has 0 amide bonds. The highest BCUT2D eigenvalue weighted by atomic mass is 35.5. The van der Waals surface area contributed by atoms with E-state index in [0.717, 1.165) is 24.4 Å². The molecule has 0 unspecified atom stereocenters. The molecule has 0 saturated carbocycles. The Labute approximate surface area is 89.5 Å². The van der Waals surface area contributed by atoms with Crippen molar-refractivity contribution in [1.82, 2.24) is 0 Å². The molecular weight excluding hydrogens is 198 g/mol. The number of benzene rings is 1. The summed E-state index contributed by atoms with van der Waals surface area (Å²) in [4.78, 5) is 0. The highest BCUT2D eigenvalue weighted by molar-refractivity contribution is 6.33. The SMILES string of the molecule is C=CCCNc1cc(OC)ccc1Cl. The van der Waals surface area contributed by atoms with Gasteiger partial charge < -0.3 is 10.1 Å². The molecule has 1 aromatic rings. The number of nitrogens with one attached hydrogen (secondary N) is 1. The fourth-order valence-electron chi connectivity index (χ4n) is 1.08. The molecular formula is C11H14ClNO. The minimum absolute atomic E-state index is 0.704. The zero-order valence-corrected chi connectivity index (χ0v) is 8.97. The van der Waals surface area contributed by atoms with Gasteiger partial charge in [0.25, 0.3) is 0 Å². The van der Waals surface area contributed by atoms with Crippen LogP contribution in [0.3, 0.4) is 0 Å². The molecule has 0 atom stereocenters. The number of methoxy groups -OCH3 is 1. The second-order valence-corrected chi connectivity index (χ2v) is 3.26. The minimum Gasteiger partial charge on any atom is -0.497 e. The van der Waals surface area contributed by atoms with Crippen molar-refractivity contribution < 1.29 is 4.74 Å². The van der Waals surface area contributed by atoms with Gasteiger partial charge in [0.15, 0.2) is 0 Å². The van der Waals surface area contributed by atoms with Crippen molar-refractivity contribution in [1.29, 1.82) is 0 Å². The molecule has 0 bridgehead atoms. The van der Waals surface area contributed by atoms with E-state index in [1.54, 1.807) is 7.11 Å². The van der Waals surface area contributed by atoms with Gasteiger partial charge in [0, 0.05) is 12.6 Å². The fourth-order valence-corrected chi connectivity index (χ4v) is 1.26. The third-order valence-corrected chi connectivity index (χ3v) is 2.17. The summed E-state index contributed by atoms with van der Waals surface area (Å²) in [5.74, 6) is 0.801. The molecule has 0 saturated heterocycles. The molecule has 0 aromatic heterocycles.